The zero-order valence-corrected chi connectivity index (χ0v) is 11.0. The molecule has 1 saturated heterocycles. The lowest BCUT2D eigenvalue weighted by atomic mass is 9.90. The minimum atomic E-state index is 0.953. The van der Waals surface area contributed by atoms with Gasteiger partial charge in [-0.1, -0.05) is 24.5 Å². The Morgan fingerprint density at radius 2 is 2.06 bits per heavy atom. The first-order valence-corrected chi connectivity index (χ1v) is 6.96. The van der Waals surface area contributed by atoms with Gasteiger partial charge in [-0.25, -0.2) is 0 Å². The van der Waals surface area contributed by atoms with Crippen LogP contribution in [0.5, 0.6) is 0 Å². The van der Waals surface area contributed by atoms with E-state index in [2.05, 4.69) is 24.8 Å². The van der Waals surface area contributed by atoms with Crippen molar-refractivity contribution in [2.75, 3.05) is 19.6 Å². The predicted octanol–water partition coefficient (Wildman–Crippen LogP) is 3.81. The van der Waals surface area contributed by atoms with E-state index < -0.39 is 0 Å². The lowest BCUT2D eigenvalue weighted by Gasteiger charge is -2.18. The second-order valence-corrected chi connectivity index (χ2v) is 5.72. The number of nitrogens with zero attached hydrogens (tertiary/aromatic N) is 1. The Hall–Kier alpha value is -0.300. The Bertz CT molecular complexity index is 234. The van der Waals surface area contributed by atoms with Crippen LogP contribution in [0.15, 0.2) is 11.6 Å². The summed E-state index contributed by atoms with van der Waals surface area (Å²) in [5.74, 6) is 2.85. The SMILES string of the molecule is CC(C)=CCCN1CC[C@@H]([C]2CCCC2)C1. The van der Waals surface area contributed by atoms with Gasteiger partial charge in [0.05, 0.1) is 0 Å². The smallest absolute Gasteiger partial charge is 0.00161 e. The summed E-state index contributed by atoms with van der Waals surface area (Å²) in [6.07, 6.45) is 10.8. The molecule has 1 atom stereocenters. The van der Waals surface area contributed by atoms with E-state index in [0.717, 1.165) is 5.92 Å². The first kappa shape index (κ1) is 12.2. The Labute approximate surface area is 101 Å². The summed E-state index contributed by atoms with van der Waals surface area (Å²) < 4.78 is 0. The monoisotopic (exact) mass is 220 g/mol. The Kier molecular flexibility index (Phi) is 4.45. The fraction of sp³-hybridized carbons (Fsp3) is 0.800. The highest BCUT2D eigenvalue weighted by Crippen LogP contribution is 2.37. The van der Waals surface area contributed by atoms with Crippen molar-refractivity contribution in [3.63, 3.8) is 0 Å². The highest BCUT2D eigenvalue weighted by molar-refractivity contribution is 5.04. The molecule has 0 aromatic heterocycles. The Morgan fingerprint density at radius 3 is 2.75 bits per heavy atom. The molecule has 0 aromatic rings. The average Bonchev–Trinajstić information content (AvgIpc) is 2.85. The maximum absolute atomic E-state index is 2.66. The fourth-order valence-corrected chi connectivity index (χ4v) is 3.14. The van der Waals surface area contributed by atoms with Crippen LogP contribution in [-0.2, 0) is 0 Å². The van der Waals surface area contributed by atoms with Crippen LogP contribution in [0.1, 0.15) is 52.4 Å². The van der Waals surface area contributed by atoms with Crippen LogP contribution in [0.4, 0.5) is 0 Å². The molecule has 1 nitrogen and oxygen atoms in total. The van der Waals surface area contributed by atoms with Crippen LogP contribution in [-0.4, -0.2) is 24.5 Å². The molecule has 1 heteroatoms. The maximum atomic E-state index is 2.66. The topological polar surface area (TPSA) is 3.24 Å². The molecular formula is C15H26N. The van der Waals surface area contributed by atoms with Crippen molar-refractivity contribution in [3.8, 4) is 0 Å². The summed E-state index contributed by atoms with van der Waals surface area (Å²) in [5.41, 5.74) is 1.46. The molecule has 1 heterocycles. The highest BCUT2D eigenvalue weighted by atomic mass is 15.1. The van der Waals surface area contributed by atoms with Crippen LogP contribution in [0.2, 0.25) is 0 Å². The van der Waals surface area contributed by atoms with Crippen LogP contribution in [0, 0.1) is 11.8 Å². The van der Waals surface area contributed by atoms with Crippen molar-refractivity contribution in [2.45, 2.75) is 52.4 Å². The molecule has 1 saturated carbocycles. The number of rotatable bonds is 4. The van der Waals surface area contributed by atoms with E-state index in [1.807, 2.05) is 5.92 Å². The molecule has 16 heavy (non-hydrogen) atoms. The molecule has 91 valence electrons. The first-order chi connectivity index (χ1) is 7.75. The predicted molar refractivity (Wildman–Crippen MR) is 70.3 cm³/mol. The molecule has 0 unspecified atom stereocenters. The molecule has 0 aromatic carbocycles. The summed E-state index contributed by atoms with van der Waals surface area (Å²) in [6, 6.07) is 0. The average molecular weight is 220 g/mol. The van der Waals surface area contributed by atoms with E-state index in [1.54, 1.807) is 0 Å². The van der Waals surface area contributed by atoms with E-state index >= 15 is 0 Å². The zero-order chi connectivity index (χ0) is 11.4. The van der Waals surface area contributed by atoms with Gasteiger partial charge in [-0.15, -0.1) is 0 Å². The number of likely N-dealkylation sites (tertiary alicyclic amines) is 1. The molecular weight excluding hydrogens is 194 g/mol. The van der Waals surface area contributed by atoms with Gasteiger partial charge in [0.25, 0.3) is 0 Å². The summed E-state index contributed by atoms with van der Waals surface area (Å²) in [4.78, 5) is 2.66. The second-order valence-electron chi connectivity index (χ2n) is 5.72. The van der Waals surface area contributed by atoms with Gasteiger partial charge in [0.15, 0.2) is 0 Å². The molecule has 2 aliphatic rings. The lowest BCUT2D eigenvalue weighted by molar-refractivity contribution is 0.331. The quantitative estimate of drug-likeness (QED) is 0.651. The molecule has 0 bridgehead atoms. The standard InChI is InChI=1S/C15H26N/c1-13(2)6-5-10-16-11-9-15(12-16)14-7-3-4-8-14/h6,15H,3-5,7-12H2,1-2H3/t15-/m1/s1. The van der Waals surface area contributed by atoms with E-state index in [4.69, 9.17) is 0 Å². The minimum absolute atomic E-state index is 0.953. The van der Waals surface area contributed by atoms with Gasteiger partial charge in [0.1, 0.15) is 0 Å². The lowest BCUT2D eigenvalue weighted by Crippen LogP contribution is -2.22. The number of allylic oxidation sites excluding steroid dienone is 1. The normalized spacial score (nSPS) is 27.5. The third-order valence-electron chi connectivity index (χ3n) is 4.09. The largest absolute Gasteiger partial charge is 0.303 e. The third kappa shape index (κ3) is 3.35. The zero-order valence-electron chi connectivity index (χ0n) is 11.0. The van der Waals surface area contributed by atoms with Crippen LogP contribution >= 0.6 is 0 Å². The molecule has 0 N–H and O–H groups in total. The van der Waals surface area contributed by atoms with Crippen molar-refractivity contribution in [2.24, 2.45) is 5.92 Å². The second kappa shape index (κ2) is 5.86. The fourth-order valence-electron chi connectivity index (χ4n) is 3.14. The van der Waals surface area contributed by atoms with E-state index in [9.17, 15) is 0 Å². The van der Waals surface area contributed by atoms with Gasteiger partial charge in [-0.05, 0) is 57.9 Å². The minimum Gasteiger partial charge on any atom is -0.303 e. The molecule has 0 amide bonds. The van der Waals surface area contributed by atoms with Crippen LogP contribution in [0.25, 0.3) is 0 Å². The molecule has 1 aliphatic heterocycles. The molecule has 2 fully saturated rings. The third-order valence-corrected chi connectivity index (χ3v) is 4.09. The first-order valence-electron chi connectivity index (χ1n) is 6.96. The number of hydrogen-bond acceptors (Lipinski definition) is 1. The van der Waals surface area contributed by atoms with Crippen molar-refractivity contribution >= 4 is 0 Å². The van der Waals surface area contributed by atoms with E-state index in [0.29, 0.717) is 0 Å². The van der Waals surface area contributed by atoms with Crippen molar-refractivity contribution in [1.29, 1.82) is 0 Å². The van der Waals surface area contributed by atoms with Crippen molar-refractivity contribution < 1.29 is 0 Å². The van der Waals surface area contributed by atoms with Gasteiger partial charge in [-0.3, -0.25) is 0 Å². The van der Waals surface area contributed by atoms with Gasteiger partial charge < -0.3 is 4.90 Å². The Balaban J connectivity index is 1.69. The summed E-state index contributed by atoms with van der Waals surface area (Å²) in [5, 5.41) is 0. The molecule has 0 spiro atoms. The van der Waals surface area contributed by atoms with Gasteiger partial charge >= 0.3 is 0 Å². The molecule has 1 radical (unpaired) electrons. The van der Waals surface area contributed by atoms with E-state index in [1.165, 1.54) is 63.7 Å². The van der Waals surface area contributed by atoms with Crippen LogP contribution in [0.3, 0.4) is 0 Å². The maximum Gasteiger partial charge on any atom is 0.00161 e. The molecule has 1 aliphatic carbocycles. The van der Waals surface area contributed by atoms with Gasteiger partial charge in [0, 0.05) is 13.1 Å². The number of hydrogen-bond donors (Lipinski definition) is 0. The summed E-state index contributed by atoms with van der Waals surface area (Å²) in [6.45, 7) is 8.36. The van der Waals surface area contributed by atoms with Crippen molar-refractivity contribution in [1.82, 2.24) is 4.90 Å². The van der Waals surface area contributed by atoms with Gasteiger partial charge in [0.2, 0.25) is 0 Å². The summed E-state index contributed by atoms with van der Waals surface area (Å²) >= 11 is 0. The van der Waals surface area contributed by atoms with Crippen LogP contribution < -0.4 is 0 Å². The Morgan fingerprint density at radius 1 is 1.31 bits per heavy atom. The van der Waals surface area contributed by atoms with Crippen molar-refractivity contribution in [3.05, 3.63) is 17.6 Å². The summed E-state index contributed by atoms with van der Waals surface area (Å²) in [7, 11) is 0. The van der Waals surface area contributed by atoms with E-state index in [-0.39, 0.29) is 0 Å². The highest BCUT2D eigenvalue weighted by Gasteiger charge is 2.30. The molecule has 2 rings (SSSR count). The van der Waals surface area contributed by atoms with Gasteiger partial charge in [-0.2, -0.15) is 0 Å².